The second-order valence-electron chi connectivity index (χ2n) is 9.89. The summed E-state index contributed by atoms with van der Waals surface area (Å²) in [6, 6.07) is 8.76. The van der Waals surface area contributed by atoms with Crippen LogP contribution in [-0.2, 0) is 16.0 Å². The lowest BCUT2D eigenvalue weighted by molar-refractivity contribution is -0.385. The van der Waals surface area contributed by atoms with Crippen molar-refractivity contribution in [3.63, 3.8) is 0 Å². The van der Waals surface area contributed by atoms with Gasteiger partial charge in [0.1, 0.15) is 6.04 Å². The first kappa shape index (κ1) is 27.7. The fourth-order valence-electron chi connectivity index (χ4n) is 5.31. The average molecular weight is 537 g/mol. The predicted octanol–water partition coefficient (Wildman–Crippen LogP) is 3.20. The minimum atomic E-state index is -1.30. The maximum Gasteiger partial charge on any atom is 0.310 e. The number of nitrogens with zero attached hydrogens (tertiary/aromatic N) is 3. The van der Waals surface area contributed by atoms with E-state index < -0.39 is 40.1 Å². The van der Waals surface area contributed by atoms with Gasteiger partial charge in [0.15, 0.2) is 5.75 Å². The molecule has 2 N–H and O–H groups in total. The van der Waals surface area contributed by atoms with Gasteiger partial charge >= 0.3 is 5.69 Å². The lowest BCUT2D eigenvalue weighted by Crippen LogP contribution is -2.52. The number of hydrogen-bond acceptors (Lipinski definition) is 7. The number of fused-ring (bicyclic) bond motifs is 1. The molecule has 4 rings (SSSR count). The number of amides is 4. The topological polar surface area (TPSA) is 150 Å². The molecule has 2 aliphatic rings. The minimum absolute atomic E-state index is 0.0408. The van der Waals surface area contributed by atoms with E-state index in [2.05, 4.69) is 12.2 Å². The molecule has 2 aromatic rings. The van der Waals surface area contributed by atoms with E-state index in [1.54, 1.807) is 17.0 Å². The number of carbonyl (C=O) groups is 4. The van der Waals surface area contributed by atoms with Gasteiger partial charge in [0.2, 0.25) is 11.8 Å². The lowest BCUT2D eigenvalue weighted by atomic mass is 10.0. The number of benzene rings is 2. The number of nitro benzene ring substituents is 1. The zero-order valence-corrected chi connectivity index (χ0v) is 21.8. The summed E-state index contributed by atoms with van der Waals surface area (Å²) in [6.07, 6.45) is 5.17. The van der Waals surface area contributed by atoms with Crippen molar-refractivity contribution in [2.45, 2.75) is 64.0 Å². The summed E-state index contributed by atoms with van der Waals surface area (Å²) in [4.78, 5) is 65.5. The van der Waals surface area contributed by atoms with E-state index in [9.17, 15) is 34.4 Å². The number of carbonyl (C=O) groups excluding carboxylic acids is 4. The highest BCUT2D eigenvalue weighted by atomic mass is 16.6. The minimum Gasteiger partial charge on any atom is -0.502 e. The standard InChI is InChI=1S/C28H32N4O7/c1-2-3-4-7-19-11-13-25(34)30(19)15-14-29-26(35)23(17-18-10-12-24(33)22(16-18)32(38)39)31-27(36)20-8-5-6-9-21(20)28(31)37/h5-6,8-10,12,16,19,23,33H,2-4,7,11,13-15,17H2,1H3,(H,29,35)/t19-,23-/m1/s1. The Labute approximate surface area is 225 Å². The summed E-state index contributed by atoms with van der Waals surface area (Å²) in [5.41, 5.74) is 0.0988. The highest BCUT2D eigenvalue weighted by Crippen LogP contribution is 2.30. The molecule has 4 amide bonds. The van der Waals surface area contributed by atoms with E-state index in [4.69, 9.17) is 0 Å². The number of unbranched alkanes of at least 4 members (excludes halogenated alkanes) is 2. The van der Waals surface area contributed by atoms with Gasteiger partial charge in [-0.25, -0.2) is 0 Å². The first-order chi connectivity index (χ1) is 18.7. The number of phenols is 1. The molecule has 2 heterocycles. The third-order valence-corrected chi connectivity index (χ3v) is 7.35. The van der Waals surface area contributed by atoms with Crippen LogP contribution >= 0.6 is 0 Å². The molecule has 0 aromatic heterocycles. The van der Waals surface area contributed by atoms with Gasteiger partial charge in [0.05, 0.1) is 16.1 Å². The Morgan fingerprint density at radius 3 is 2.46 bits per heavy atom. The summed E-state index contributed by atoms with van der Waals surface area (Å²) in [6.45, 7) is 2.55. The van der Waals surface area contributed by atoms with Crippen molar-refractivity contribution in [1.29, 1.82) is 0 Å². The van der Waals surface area contributed by atoms with Crippen LogP contribution in [-0.4, -0.2) is 68.6 Å². The Bertz CT molecular complexity index is 1260. The number of likely N-dealkylation sites (tertiary alicyclic amines) is 1. The van der Waals surface area contributed by atoms with Crippen molar-refractivity contribution in [2.75, 3.05) is 13.1 Å². The Morgan fingerprint density at radius 2 is 1.82 bits per heavy atom. The number of phenolic OH excluding ortho intramolecular Hbond substituents is 1. The van der Waals surface area contributed by atoms with E-state index in [1.807, 2.05) is 0 Å². The second-order valence-corrected chi connectivity index (χ2v) is 9.89. The van der Waals surface area contributed by atoms with Gasteiger partial charge in [-0.1, -0.05) is 44.4 Å². The van der Waals surface area contributed by atoms with Crippen LogP contribution in [0.25, 0.3) is 0 Å². The maximum absolute atomic E-state index is 13.5. The van der Waals surface area contributed by atoms with Gasteiger partial charge in [-0.3, -0.25) is 34.2 Å². The van der Waals surface area contributed by atoms with Gasteiger partial charge in [-0.15, -0.1) is 0 Å². The first-order valence-corrected chi connectivity index (χ1v) is 13.2. The van der Waals surface area contributed by atoms with Crippen molar-refractivity contribution < 1.29 is 29.2 Å². The van der Waals surface area contributed by atoms with Crippen LogP contribution in [0.4, 0.5) is 5.69 Å². The molecule has 0 bridgehead atoms. The van der Waals surface area contributed by atoms with E-state index in [1.165, 1.54) is 18.2 Å². The summed E-state index contributed by atoms with van der Waals surface area (Å²) in [7, 11) is 0. The molecular weight excluding hydrogens is 504 g/mol. The van der Waals surface area contributed by atoms with E-state index >= 15 is 0 Å². The van der Waals surface area contributed by atoms with Crippen molar-refractivity contribution in [2.24, 2.45) is 0 Å². The number of rotatable bonds is 12. The summed E-state index contributed by atoms with van der Waals surface area (Å²) < 4.78 is 0. The third-order valence-electron chi connectivity index (χ3n) is 7.35. The Balaban J connectivity index is 1.52. The van der Waals surface area contributed by atoms with E-state index in [0.717, 1.165) is 49.1 Å². The predicted molar refractivity (Wildman–Crippen MR) is 141 cm³/mol. The summed E-state index contributed by atoms with van der Waals surface area (Å²) >= 11 is 0. The van der Waals surface area contributed by atoms with Crippen LogP contribution < -0.4 is 5.32 Å². The molecule has 1 fully saturated rings. The summed E-state index contributed by atoms with van der Waals surface area (Å²) in [5.74, 6) is -2.37. The van der Waals surface area contributed by atoms with Crippen LogP contribution in [0.1, 0.15) is 71.7 Å². The van der Waals surface area contributed by atoms with Gasteiger partial charge in [0.25, 0.3) is 11.8 Å². The molecule has 0 spiro atoms. The molecule has 2 aromatic carbocycles. The quantitative estimate of drug-likeness (QED) is 0.183. The molecule has 11 heteroatoms. The normalized spacial score (nSPS) is 17.5. The Kier molecular flexibility index (Phi) is 8.58. The molecule has 11 nitrogen and oxygen atoms in total. The van der Waals surface area contributed by atoms with Gasteiger partial charge < -0.3 is 15.3 Å². The number of aromatic hydroxyl groups is 1. The monoisotopic (exact) mass is 536 g/mol. The molecule has 0 unspecified atom stereocenters. The molecule has 2 atom stereocenters. The van der Waals surface area contributed by atoms with Crippen LogP contribution in [0.3, 0.4) is 0 Å². The van der Waals surface area contributed by atoms with Crippen molar-refractivity contribution in [3.8, 4) is 5.75 Å². The number of imide groups is 1. The number of nitro groups is 1. The highest BCUT2D eigenvalue weighted by Gasteiger charge is 2.43. The third kappa shape index (κ3) is 5.92. The average Bonchev–Trinajstić information content (AvgIpc) is 3.39. The van der Waals surface area contributed by atoms with E-state index in [0.29, 0.717) is 18.5 Å². The number of hydrogen-bond donors (Lipinski definition) is 2. The SMILES string of the molecule is CCCCC[C@@H]1CCC(=O)N1CCNC(=O)[C@@H](Cc1ccc(O)c([N+](=O)[O-])c1)N1C(=O)c2ccccc2C1=O. The van der Waals surface area contributed by atoms with Crippen molar-refractivity contribution >= 4 is 29.3 Å². The zero-order valence-electron chi connectivity index (χ0n) is 21.8. The molecule has 0 radical (unpaired) electrons. The lowest BCUT2D eigenvalue weighted by Gasteiger charge is -2.27. The van der Waals surface area contributed by atoms with Crippen LogP contribution in [0.5, 0.6) is 5.75 Å². The fourth-order valence-corrected chi connectivity index (χ4v) is 5.31. The largest absolute Gasteiger partial charge is 0.502 e. The Morgan fingerprint density at radius 1 is 1.13 bits per heavy atom. The van der Waals surface area contributed by atoms with Crippen molar-refractivity contribution in [1.82, 2.24) is 15.1 Å². The molecule has 39 heavy (non-hydrogen) atoms. The molecule has 206 valence electrons. The van der Waals surface area contributed by atoms with Crippen LogP contribution in [0.15, 0.2) is 42.5 Å². The molecule has 2 aliphatic heterocycles. The van der Waals surface area contributed by atoms with Gasteiger partial charge in [-0.2, -0.15) is 0 Å². The fraction of sp³-hybridized carbons (Fsp3) is 0.429. The number of nitrogens with one attached hydrogen (secondary N) is 1. The molecule has 1 saturated heterocycles. The second kappa shape index (κ2) is 12.1. The van der Waals surface area contributed by atoms with Gasteiger partial charge in [-0.05, 0) is 36.6 Å². The zero-order chi connectivity index (χ0) is 28.1. The molecular formula is C28H32N4O7. The van der Waals surface area contributed by atoms with Crippen molar-refractivity contribution in [3.05, 3.63) is 69.3 Å². The summed E-state index contributed by atoms with van der Waals surface area (Å²) in [5, 5.41) is 23.9. The van der Waals surface area contributed by atoms with E-state index in [-0.39, 0.29) is 36.0 Å². The maximum atomic E-state index is 13.5. The smallest absolute Gasteiger partial charge is 0.310 e. The highest BCUT2D eigenvalue weighted by molar-refractivity contribution is 6.22. The van der Waals surface area contributed by atoms with Crippen LogP contribution in [0.2, 0.25) is 0 Å². The van der Waals surface area contributed by atoms with Gasteiger partial charge in [0, 0.05) is 38.0 Å². The first-order valence-electron chi connectivity index (χ1n) is 13.2. The van der Waals surface area contributed by atoms with Crippen LogP contribution in [0, 0.1) is 10.1 Å². The Hall–Kier alpha value is -4.28. The molecule has 0 aliphatic carbocycles. The molecule has 0 saturated carbocycles.